The van der Waals surface area contributed by atoms with E-state index in [1.807, 2.05) is 0 Å². The summed E-state index contributed by atoms with van der Waals surface area (Å²) in [6, 6.07) is 0. The van der Waals surface area contributed by atoms with Gasteiger partial charge in [0.15, 0.2) is 0 Å². The smallest absolute Gasteiger partial charge is 0.0784 e. The van der Waals surface area contributed by atoms with Gasteiger partial charge in [-0.2, -0.15) is 0 Å². The maximum Gasteiger partial charge on any atom is 0.0784 e. The molecule has 0 rings (SSSR count). The van der Waals surface area contributed by atoms with Crippen LogP contribution in [0.1, 0.15) is 150 Å². The van der Waals surface area contributed by atoms with Crippen LogP contribution in [0.3, 0.4) is 0 Å². The molecule has 0 aliphatic heterocycles. The number of hydrogen-bond acceptors (Lipinski definition) is 2. The van der Waals surface area contributed by atoms with Crippen LogP contribution >= 0.6 is 0 Å². The highest BCUT2D eigenvalue weighted by Gasteiger charge is 2.20. The first-order valence-corrected chi connectivity index (χ1v) is 14.0. The van der Waals surface area contributed by atoms with Crippen LogP contribution in [0, 0.1) is 0 Å². The normalized spacial score (nSPS) is 11.3. The molecule has 0 bridgehead atoms. The molecule has 188 valence electrons. The third-order valence-corrected chi connectivity index (χ3v) is 6.44. The van der Waals surface area contributed by atoms with Gasteiger partial charge in [0.05, 0.1) is 26.7 Å². The van der Waals surface area contributed by atoms with Gasteiger partial charge in [0, 0.05) is 5.97 Å². The summed E-state index contributed by atoms with van der Waals surface area (Å²) in [5.41, 5.74) is 0. The molecule has 0 radical (unpaired) electrons. The summed E-state index contributed by atoms with van der Waals surface area (Å²) in [4.78, 5) is 9.26. The van der Waals surface area contributed by atoms with Gasteiger partial charge < -0.3 is 14.4 Å². The zero-order valence-corrected chi connectivity index (χ0v) is 22.3. The maximum absolute atomic E-state index is 9.26. The monoisotopic (exact) mass is 441 g/mol. The van der Waals surface area contributed by atoms with E-state index in [2.05, 4.69) is 27.8 Å². The van der Waals surface area contributed by atoms with E-state index < -0.39 is 5.97 Å². The molecule has 0 saturated heterocycles. The lowest BCUT2D eigenvalue weighted by atomic mass is 10.1. The largest absolute Gasteiger partial charge is 0.550 e. The molecule has 0 atom stereocenters. The van der Waals surface area contributed by atoms with Gasteiger partial charge in [-0.3, -0.25) is 0 Å². The highest BCUT2D eigenvalue weighted by atomic mass is 16.4. The van der Waals surface area contributed by atoms with Crippen molar-refractivity contribution in [2.45, 2.75) is 150 Å². The number of aliphatic carboxylic acids is 1. The van der Waals surface area contributed by atoms with Gasteiger partial charge in [0.25, 0.3) is 0 Å². The van der Waals surface area contributed by atoms with E-state index in [1.165, 1.54) is 147 Å². The average molecular weight is 442 g/mol. The van der Waals surface area contributed by atoms with Crippen molar-refractivity contribution in [1.82, 2.24) is 0 Å². The minimum Gasteiger partial charge on any atom is -0.550 e. The Morgan fingerprint density at radius 3 is 0.968 bits per heavy atom. The molecular weight excluding hydrogens is 382 g/mol. The third kappa shape index (κ3) is 27.4. The van der Waals surface area contributed by atoms with Crippen molar-refractivity contribution in [1.29, 1.82) is 0 Å². The second kappa shape index (κ2) is 25.7. The summed E-state index contributed by atoms with van der Waals surface area (Å²) in [6.45, 7) is 12.8. The van der Waals surface area contributed by atoms with Crippen LogP contribution in [0.25, 0.3) is 0 Å². The molecule has 31 heavy (non-hydrogen) atoms. The lowest BCUT2D eigenvalue weighted by Gasteiger charge is -2.35. The number of carboxylic acids is 1. The zero-order chi connectivity index (χ0) is 23.6. The number of carboxylic acid groups (broad SMARTS) is 1. The van der Waals surface area contributed by atoms with Crippen molar-refractivity contribution in [2.75, 3.05) is 26.7 Å². The molecule has 3 nitrogen and oxygen atoms in total. The van der Waals surface area contributed by atoms with Crippen LogP contribution < -0.4 is 5.11 Å². The number of carbonyl (C=O) groups is 1. The summed E-state index contributed by atoms with van der Waals surface area (Å²) >= 11 is 0. The summed E-state index contributed by atoms with van der Waals surface area (Å²) < 4.78 is 1.36. The minimum atomic E-state index is -0.995. The maximum atomic E-state index is 9.26. The van der Waals surface area contributed by atoms with E-state index in [1.54, 1.807) is 0 Å². The number of quaternary nitrogens is 1. The topological polar surface area (TPSA) is 40.1 Å². The molecule has 0 aromatic carbocycles. The molecule has 0 fully saturated rings. The van der Waals surface area contributed by atoms with Crippen molar-refractivity contribution in [3.8, 4) is 0 Å². The van der Waals surface area contributed by atoms with Gasteiger partial charge in [-0.05, 0) is 44.9 Å². The van der Waals surface area contributed by atoms with Crippen molar-refractivity contribution < 1.29 is 14.4 Å². The Labute approximate surface area is 197 Å². The predicted octanol–water partition coefficient (Wildman–Crippen LogP) is 7.66. The number of hydrogen-bond donors (Lipinski definition) is 0. The van der Waals surface area contributed by atoms with Gasteiger partial charge in [-0.15, -0.1) is 0 Å². The highest BCUT2D eigenvalue weighted by Crippen LogP contribution is 2.16. The standard InChI is InChI=1S/C25H54N.C3H6O2/c1-5-8-11-14-17-20-23-26(4,24-21-18-15-12-9-6-2)25-22-19-16-13-10-7-3;1-2-3(4)5/h5-25H2,1-4H3;2H2,1H3,(H,4,5)/q+1;/p-1. The fourth-order valence-electron chi connectivity index (χ4n) is 4.16. The fourth-order valence-corrected chi connectivity index (χ4v) is 4.16. The Kier molecular flexibility index (Phi) is 27.0. The lowest BCUT2D eigenvalue weighted by molar-refractivity contribution is -0.910. The van der Waals surface area contributed by atoms with E-state index >= 15 is 0 Å². The molecule has 0 amide bonds. The van der Waals surface area contributed by atoms with Crippen LogP contribution in [0.15, 0.2) is 0 Å². The van der Waals surface area contributed by atoms with Crippen LogP contribution in [0.5, 0.6) is 0 Å². The third-order valence-electron chi connectivity index (χ3n) is 6.44. The Bertz CT molecular complexity index is 316. The molecule has 0 N–H and O–H groups in total. The quantitative estimate of drug-likeness (QED) is 0.128. The molecule has 0 spiro atoms. The number of rotatable bonds is 22. The van der Waals surface area contributed by atoms with E-state index in [0.717, 1.165) is 0 Å². The van der Waals surface area contributed by atoms with E-state index in [9.17, 15) is 9.90 Å². The Morgan fingerprint density at radius 2 is 0.742 bits per heavy atom. The number of carbonyl (C=O) groups excluding carboxylic acids is 1. The van der Waals surface area contributed by atoms with Gasteiger partial charge in [0.1, 0.15) is 0 Å². The molecule has 0 saturated carbocycles. The second-order valence-corrected chi connectivity index (χ2v) is 9.82. The fraction of sp³-hybridized carbons (Fsp3) is 0.964. The van der Waals surface area contributed by atoms with Crippen molar-refractivity contribution in [2.24, 2.45) is 0 Å². The summed E-state index contributed by atoms with van der Waals surface area (Å²) in [7, 11) is 2.56. The van der Waals surface area contributed by atoms with Crippen LogP contribution in [-0.4, -0.2) is 37.1 Å². The number of nitrogens with zero attached hydrogens (tertiary/aromatic N) is 1. The van der Waals surface area contributed by atoms with Crippen molar-refractivity contribution >= 4 is 5.97 Å². The molecule has 0 aliphatic rings. The Hall–Kier alpha value is -0.570. The molecule has 0 aromatic rings. The van der Waals surface area contributed by atoms with Gasteiger partial charge >= 0.3 is 0 Å². The number of unbranched alkanes of at least 4 members (excludes halogenated alkanes) is 15. The van der Waals surface area contributed by atoms with Gasteiger partial charge in [-0.25, -0.2) is 0 Å². The minimum absolute atomic E-state index is 0.111. The SMILES string of the molecule is CCC(=O)[O-].CCCCCCCC[N+](C)(CCCCCCCC)CCCCCCCC. The average Bonchev–Trinajstić information content (AvgIpc) is 2.76. The first-order chi connectivity index (χ1) is 15.0. The molecule has 0 aliphatic carbocycles. The van der Waals surface area contributed by atoms with Gasteiger partial charge in [0.2, 0.25) is 0 Å². The molecule has 3 heteroatoms. The second-order valence-electron chi connectivity index (χ2n) is 9.82. The van der Waals surface area contributed by atoms with Crippen LogP contribution in [-0.2, 0) is 4.79 Å². The molecule has 0 heterocycles. The first kappa shape index (κ1) is 32.6. The summed E-state index contributed by atoms with van der Waals surface area (Å²) in [5.74, 6) is -0.995. The Balaban J connectivity index is 0. The van der Waals surface area contributed by atoms with E-state index in [-0.39, 0.29) is 6.42 Å². The van der Waals surface area contributed by atoms with Crippen molar-refractivity contribution in [3.05, 3.63) is 0 Å². The Morgan fingerprint density at radius 1 is 0.516 bits per heavy atom. The summed E-state index contributed by atoms with van der Waals surface area (Å²) in [6.07, 6.45) is 26.0. The molecule has 0 aromatic heterocycles. The molecule has 0 unspecified atom stereocenters. The van der Waals surface area contributed by atoms with Crippen molar-refractivity contribution in [3.63, 3.8) is 0 Å². The van der Waals surface area contributed by atoms with Crippen LogP contribution in [0.4, 0.5) is 0 Å². The highest BCUT2D eigenvalue weighted by molar-refractivity contribution is 5.63. The predicted molar refractivity (Wildman–Crippen MR) is 136 cm³/mol. The first-order valence-electron chi connectivity index (χ1n) is 14.0. The van der Waals surface area contributed by atoms with E-state index in [0.29, 0.717) is 0 Å². The lowest BCUT2D eigenvalue weighted by Crippen LogP contribution is -2.46. The molecular formula is C28H59NO2. The summed E-state index contributed by atoms with van der Waals surface area (Å²) in [5, 5.41) is 9.26. The van der Waals surface area contributed by atoms with Crippen LogP contribution in [0.2, 0.25) is 0 Å². The zero-order valence-electron chi connectivity index (χ0n) is 22.3. The van der Waals surface area contributed by atoms with Gasteiger partial charge in [-0.1, -0.05) is 105 Å². The van der Waals surface area contributed by atoms with E-state index in [4.69, 9.17) is 0 Å².